The highest BCUT2D eigenvalue weighted by atomic mass is 32.2. The lowest BCUT2D eigenvalue weighted by atomic mass is 9.90. The summed E-state index contributed by atoms with van der Waals surface area (Å²) in [6, 6.07) is 3.40. The van der Waals surface area contributed by atoms with Gasteiger partial charge in [0.25, 0.3) is 5.91 Å². The smallest absolute Gasteiger partial charge is 0.251 e. The molecule has 0 radical (unpaired) electrons. The Morgan fingerprint density at radius 1 is 1.38 bits per heavy atom. The lowest BCUT2D eigenvalue weighted by Gasteiger charge is -2.20. The number of carbonyl (C=O) groups excluding carboxylic acids is 1. The van der Waals surface area contributed by atoms with Crippen molar-refractivity contribution in [2.24, 2.45) is 0 Å². The number of amides is 1. The quantitative estimate of drug-likeness (QED) is 0.871. The van der Waals surface area contributed by atoms with E-state index in [0.717, 1.165) is 5.69 Å². The fourth-order valence-corrected chi connectivity index (χ4v) is 2.66. The summed E-state index contributed by atoms with van der Waals surface area (Å²) in [5, 5.41) is 5.85. The van der Waals surface area contributed by atoms with Crippen LogP contribution >= 0.6 is 0 Å². The first-order valence-electron chi connectivity index (χ1n) is 6.94. The molecule has 0 saturated carbocycles. The molecule has 0 aliphatic carbocycles. The Hall–Kier alpha value is -1.43. The van der Waals surface area contributed by atoms with E-state index >= 15 is 0 Å². The Balaban J connectivity index is 3.01. The highest BCUT2D eigenvalue weighted by molar-refractivity contribution is 7.84. The maximum Gasteiger partial charge on any atom is 0.251 e. The molecule has 0 spiro atoms. The van der Waals surface area contributed by atoms with Gasteiger partial charge >= 0.3 is 0 Å². The minimum Gasteiger partial charge on any atom is -0.373 e. The summed E-state index contributed by atoms with van der Waals surface area (Å²) in [6.07, 6.45) is 1.63. The number of hydrogen-bond donors (Lipinski definition) is 2. The number of aromatic nitrogens is 1. The molecule has 5 nitrogen and oxygen atoms in total. The number of nitrogens with zero attached hydrogens (tertiary/aromatic N) is 1. The lowest BCUT2D eigenvalue weighted by molar-refractivity contribution is 0.0943. The van der Waals surface area contributed by atoms with Crippen LogP contribution < -0.4 is 10.6 Å². The Morgan fingerprint density at radius 3 is 2.48 bits per heavy atom. The number of pyridine rings is 1. The highest BCUT2D eigenvalue weighted by Crippen LogP contribution is 2.23. The summed E-state index contributed by atoms with van der Waals surface area (Å²) in [5.41, 5.74) is 1.28. The van der Waals surface area contributed by atoms with Crippen molar-refractivity contribution in [3.63, 3.8) is 0 Å². The first kappa shape index (κ1) is 17.6. The van der Waals surface area contributed by atoms with E-state index in [2.05, 4.69) is 36.4 Å². The van der Waals surface area contributed by atoms with Crippen LogP contribution in [0, 0.1) is 0 Å². The van der Waals surface area contributed by atoms with E-state index < -0.39 is 10.8 Å². The van der Waals surface area contributed by atoms with Crippen molar-refractivity contribution < 1.29 is 9.00 Å². The minimum absolute atomic E-state index is 0.132. The third-order valence-electron chi connectivity index (χ3n) is 2.97. The summed E-state index contributed by atoms with van der Waals surface area (Å²) >= 11 is 0. The van der Waals surface area contributed by atoms with E-state index in [1.165, 1.54) is 0 Å². The molecule has 0 saturated heterocycles. The first-order valence-corrected chi connectivity index (χ1v) is 8.67. The van der Waals surface area contributed by atoms with Crippen molar-refractivity contribution in [1.82, 2.24) is 10.3 Å². The van der Waals surface area contributed by atoms with Crippen LogP contribution in [-0.2, 0) is 16.2 Å². The monoisotopic (exact) mass is 311 g/mol. The van der Waals surface area contributed by atoms with Crippen molar-refractivity contribution in [3.05, 3.63) is 23.4 Å². The Morgan fingerprint density at radius 2 is 2.00 bits per heavy atom. The third-order valence-corrected chi connectivity index (χ3v) is 3.94. The Bertz CT molecular complexity index is 538. The van der Waals surface area contributed by atoms with Crippen molar-refractivity contribution >= 4 is 22.5 Å². The van der Waals surface area contributed by atoms with E-state index in [9.17, 15) is 9.00 Å². The summed E-state index contributed by atoms with van der Waals surface area (Å²) in [7, 11) is 0.845. The molecule has 1 amide bonds. The molecular formula is C15H25N3O2S. The van der Waals surface area contributed by atoms with Gasteiger partial charge in [0, 0.05) is 52.6 Å². The zero-order valence-electron chi connectivity index (χ0n) is 13.6. The number of anilines is 1. The average Bonchev–Trinajstić information content (AvgIpc) is 2.35. The van der Waals surface area contributed by atoms with Gasteiger partial charge in [0.2, 0.25) is 0 Å². The van der Waals surface area contributed by atoms with Crippen LogP contribution in [0.2, 0.25) is 0 Å². The molecule has 1 rings (SSSR count). The molecule has 1 aromatic heterocycles. The van der Waals surface area contributed by atoms with Crippen molar-refractivity contribution in [1.29, 1.82) is 0 Å². The molecular weight excluding hydrogens is 286 g/mol. The Kier molecular flexibility index (Phi) is 5.89. The second-order valence-corrected chi connectivity index (χ2v) is 7.72. The van der Waals surface area contributed by atoms with E-state index in [0.29, 0.717) is 17.1 Å². The van der Waals surface area contributed by atoms with Crippen LogP contribution in [0.1, 0.15) is 43.7 Å². The van der Waals surface area contributed by atoms with Gasteiger partial charge in [-0.25, -0.2) is 4.98 Å². The van der Waals surface area contributed by atoms with Crippen molar-refractivity contribution in [2.75, 3.05) is 24.4 Å². The van der Waals surface area contributed by atoms with Gasteiger partial charge in [-0.1, -0.05) is 20.8 Å². The maximum atomic E-state index is 12.3. The predicted molar refractivity (Wildman–Crippen MR) is 88.3 cm³/mol. The topological polar surface area (TPSA) is 71.1 Å². The standard InChI is InChI=1S/C15H25N3O2S/c1-10(9-21(6)20)17-14(19)11-7-12(15(2,3)4)18-13(8-11)16-5/h7-8,10H,9H2,1-6H3,(H,16,18)(H,17,19). The molecule has 1 heterocycles. The maximum absolute atomic E-state index is 12.3. The van der Waals surface area contributed by atoms with Crippen LogP contribution in [0.5, 0.6) is 0 Å². The molecule has 6 heteroatoms. The molecule has 2 atom stereocenters. The van der Waals surface area contributed by atoms with Gasteiger partial charge < -0.3 is 10.6 Å². The molecule has 0 aliphatic heterocycles. The minimum atomic E-state index is -0.932. The second-order valence-electron chi connectivity index (χ2n) is 6.24. The third kappa shape index (κ3) is 5.46. The first-order chi connectivity index (χ1) is 9.63. The normalized spacial score (nSPS) is 14.4. The van der Waals surface area contributed by atoms with Crippen molar-refractivity contribution in [3.8, 4) is 0 Å². The largest absolute Gasteiger partial charge is 0.373 e. The number of nitrogens with one attached hydrogen (secondary N) is 2. The summed E-state index contributed by atoms with van der Waals surface area (Å²) in [5.74, 6) is 0.943. The van der Waals surface area contributed by atoms with E-state index in [-0.39, 0.29) is 17.4 Å². The van der Waals surface area contributed by atoms with E-state index in [1.54, 1.807) is 19.4 Å². The van der Waals surface area contributed by atoms with E-state index in [4.69, 9.17) is 0 Å². The van der Waals surface area contributed by atoms with Gasteiger partial charge in [0.1, 0.15) is 5.82 Å². The fraction of sp³-hybridized carbons (Fsp3) is 0.600. The highest BCUT2D eigenvalue weighted by Gasteiger charge is 2.20. The molecule has 0 aliphatic rings. The molecule has 21 heavy (non-hydrogen) atoms. The molecule has 118 valence electrons. The number of rotatable bonds is 5. The fourth-order valence-electron chi connectivity index (χ4n) is 1.87. The second kappa shape index (κ2) is 7.02. The van der Waals surface area contributed by atoms with Crippen LogP contribution in [0.25, 0.3) is 0 Å². The molecule has 0 aromatic carbocycles. The number of carbonyl (C=O) groups is 1. The summed E-state index contributed by atoms with van der Waals surface area (Å²) in [4.78, 5) is 16.8. The van der Waals surface area contributed by atoms with Crippen LogP contribution in [-0.4, -0.2) is 40.2 Å². The number of hydrogen-bond acceptors (Lipinski definition) is 4. The average molecular weight is 311 g/mol. The molecule has 0 bridgehead atoms. The van der Waals surface area contributed by atoms with Gasteiger partial charge in [-0.15, -0.1) is 0 Å². The van der Waals surface area contributed by atoms with Gasteiger partial charge in [-0.2, -0.15) is 0 Å². The summed E-state index contributed by atoms with van der Waals surface area (Å²) < 4.78 is 11.2. The molecule has 0 fully saturated rings. The van der Waals surface area contributed by atoms with Gasteiger partial charge in [-0.05, 0) is 19.1 Å². The van der Waals surface area contributed by atoms with Gasteiger partial charge in [0.15, 0.2) is 0 Å². The van der Waals surface area contributed by atoms with E-state index in [1.807, 2.05) is 13.0 Å². The lowest BCUT2D eigenvalue weighted by Crippen LogP contribution is -2.36. The summed E-state index contributed by atoms with van der Waals surface area (Å²) in [6.45, 7) is 8.02. The van der Waals surface area contributed by atoms with Crippen molar-refractivity contribution in [2.45, 2.75) is 39.2 Å². The zero-order valence-corrected chi connectivity index (χ0v) is 14.4. The molecule has 2 unspecified atom stereocenters. The SMILES string of the molecule is CNc1cc(C(=O)NC(C)CS(C)=O)cc(C(C)(C)C)n1. The molecule has 2 N–H and O–H groups in total. The van der Waals surface area contributed by atoms with Crippen LogP contribution in [0.4, 0.5) is 5.82 Å². The van der Waals surface area contributed by atoms with Gasteiger partial charge in [0.05, 0.1) is 0 Å². The zero-order chi connectivity index (χ0) is 16.2. The Labute approximate surface area is 129 Å². The van der Waals surface area contributed by atoms with Crippen LogP contribution in [0.15, 0.2) is 12.1 Å². The van der Waals surface area contributed by atoms with Crippen LogP contribution in [0.3, 0.4) is 0 Å². The van der Waals surface area contributed by atoms with Gasteiger partial charge in [-0.3, -0.25) is 9.00 Å². The predicted octanol–water partition coefficient (Wildman–Crippen LogP) is 1.92. The molecule has 1 aromatic rings.